The summed E-state index contributed by atoms with van der Waals surface area (Å²) in [5.74, 6) is 0.937. The van der Waals surface area contributed by atoms with E-state index in [2.05, 4.69) is 206 Å². The maximum atomic E-state index is 2.50. The van der Waals surface area contributed by atoms with Gasteiger partial charge in [0, 0.05) is 40.0 Å². The fraction of sp³-hybridized carbons (Fsp3) is 0.192. The van der Waals surface area contributed by atoms with Gasteiger partial charge in [-0.1, -0.05) is 142 Å². The van der Waals surface area contributed by atoms with E-state index in [1.165, 1.54) is 82.2 Å². The highest BCUT2D eigenvalue weighted by Gasteiger charge is 2.37. The van der Waals surface area contributed by atoms with Gasteiger partial charge in [0.05, 0.1) is 0 Å². The number of anilines is 6. The molecule has 0 amide bonds. The van der Waals surface area contributed by atoms with E-state index in [1.54, 1.807) is 5.19 Å². The summed E-state index contributed by atoms with van der Waals surface area (Å²) in [5, 5.41) is 3.08. The van der Waals surface area contributed by atoms with Crippen molar-refractivity contribution in [1.82, 2.24) is 0 Å². The largest absolute Gasteiger partial charge is 0.311 e. The molecule has 0 radical (unpaired) electrons. The first-order valence-corrected chi connectivity index (χ1v) is 23.2. The molecule has 1 atom stereocenters. The van der Waals surface area contributed by atoms with E-state index < -0.39 is 8.07 Å². The Labute approximate surface area is 328 Å². The van der Waals surface area contributed by atoms with Crippen LogP contribution < -0.4 is 20.2 Å². The lowest BCUT2D eigenvalue weighted by Gasteiger charge is -2.28. The lowest BCUT2D eigenvalue weighted by Crippen LogP contribution is -2.49. The summed E-state index contributed by atoms with van der Waals surface area (Å²) in [6.45, 7) is 7.31. The lowest BCUT2D eigenvalue weighted by molar-refractivity contribution is 0.443. The van der Waals surface area contributed by atoms with E-state index in [-0.39, 0.29) is 5.92 Å². The van der Waals surface area contributed by atoms with Gasteiger partial charge in [-0.05, 0) is 130 Å². The molecule has 3 heteroatoms. The molecule has 2 aliphatic rings. The Morgan fingerprint density at radius 3 is 1.44 bits per heavy atom. The van der Waals surface area contributed by atoms with Crippen LogP contribution in [0.5, 0.6) is 0 Å². The Morgan fingerprint density at radius 2 is 0.873 bits per heavy atom. The van der Waals surface area contributed by atoms with Gasteiger partial charge < -0.3 is 9.80 Å². The Kier molecular flexibility index (Phi) is 9.49. The van der Waals surface area contributed by atoms with Crippen LogP contribution in [-0.2, 0) is 0 Å². The van der Waals surface area contributed by atoms with Crippen molar-refractivity contribution in [3.8, 4) is 11.1 Å². The van der Waals surface area contributed by atoms with Crippen molar-refractivity contribution < 1.29 is 0 Å². The van der Waals surface area contributed by atoms with E-state index in [0.717, 1.165) is 17.1 Å². The van der Waals surface area contributed by atoms with E-state index in [1.807, 2.05) is 0 Å². The Morgan fingerprint density at radius 1 is 0.436 bits per heavy atom. The first-order chi connectivity index (χ1) is 27.0. The van der Waals surface area contributed by atoms with E-state index in [4.69, 9.17) is 0 Å². The van der Waals surface area contributed by atoms with Crippen molar-refractivity contribution in [2.45, 2.75) is 64.0 Å². The molecule has 0 bridgehead atoms. The van der Waals surface area contributed by atoms with E-state index in [9.17, 15) is 0 Å². The highest BCUT2D eigenvalue weighted by atomic mass is 28.3. The van der Waals surface area contributed by atoms with Crippen molar-refractivity contribution in [3.05, 3.63) is 193 Å². The van der Waals surface area contributed by atoms with Crippen LogP contribution in [0.15, 0.2) is 176 Å². The maximum Gasteiger partial charge on any atom is 0.113 e. The number of para-hydroxylation sites is 2. The predicted molar refractivity (Wildman–Crippen MR) is 238 cm³/mol. The average molecular weight is 731 g/mol. The maximum absolute atomic E-state index is 2.50. The van der Waals surface area contributed by atoms with Gasteiger partial charge in [0.2, 0.25) is 0 Å². The number of benzene rings is 7. The highest BCUT2D eigenvalue weighted by molar-refractivity contribution is 7.03. The van der Waals surface area contributed by atoms with E-state index in [0.29, 0.717) is 5.92 Å². The van der Waals surface area contributed by atoms with Crippen molar-refractivity contribution in [3.63, 3.8) is 0 Å². The molecule has 1 aliphatic carbocycles. The summed E-state index contributed by atoms with van der Waals surface area (Å²) in [6, 6.07) is 65.5. The zero-order valence-corrected chi connectivity index (χ0v) is 33.3. The molecule has 0 saturated heterocycles. The quantitative estimate of drug-likeness (QED) is 0.136. The van der Waals surface area contributed by atoms with Gasteiger partial charge in [-0.25, -0.2) is 0 Å². The Hall–Kier alpha value is -5.64. The van der Waals surface area contributed by atoms with Crippen LogP contribution in [0.4, 0.5) is 34.1 Å². The zero-order chi connectivity index (χ0) is 37.4. The van der Waals surface area contributed by atoms with E-state index >= 15 is 0 Å². The topological polar surface area (TPSA) is 6.48 Å². The molecule has 7 aromatic rings. The number of fused-ring (bicyclic) bond motifs is 3. The van der Waals surface area contributed by atoms with Crippen LogP contribution in [0.3, 0.4) is 0 Å². The van der Waals surface area contributed by atoms with Crippen molar-refractivity contribution in [2.75, 3.05) is 9.80 Å². The van der Waals surface area contributed by atoms with Gasteiger partial charge in [0.15, 0.2) is 0 Å². The number of rotatable bonds is 9. The molecule has 0 spiro atoms. The molecule has 1 aliphatic heterocycles. The normalized spacial score (nSPS) is 15.2. The third kappa shape index (κ3) is 6.72. The van der Waals surface area contributed by atoms with Crippen LogP contribution in [0.2, 0.25) is 13.1 Å². The SMILES string of the molecule is CC(c1ccc(N(c2ccccc2)c2ccccc2)cc1)c1ccc(N(c2ccc(C3CCCCC3)cc2)c2ccc3c(c2)-c2ccccc2[Si]3(C)C)cc1. The first kappa shape index (κ1) is 35.1. The average Bonchev–Trinajstić information content (AvgIpc) is 3.48. The molecule has 0 N–H and O–H groups in total. The van der Waals surface area contributed by atoms with Crippen LogP contribution >= 0.6 is 0 Å². The number of hydrogen-bond acceptors (Lipinski definition) is 2. The molecular formula is C52H50N2Si. The molecule has 1 unspecified atom stereocenters. The summed E-state index contributed by atoms with van der Waals surface area (Å²) < 4.78 is 0. The molecule has 1 fully saturated rings. The molecular weight excluding hydrogens is 681 g/mol. The highest BCUT2D eigenvalue weighted by Crippen LogP contribution is 2.41. The van der Waals surface area contributed by atoms with Crippen molar-refractivity contribution in [2.24, 2.45) is 0 Å². The fourth-order valence-corrected chi connectivity index (χ4v) is 12.3. The summed E-state index contributed by atoms with van der Waals surface area (Å²) in [5.41, 5.74) is 14.0. The summed E-state index contributed by atoms with van der Waals surface area (Å²) in [6.07, 6.45) is 6.71. The molecule has 0 aromatic heterocycles. The monoisotopic (exact) mass is 730 g/mol. The second kappa shape index (κ2) is 14.9. The van der Waals surface area contributed by atoms with Crippen LogP contribution in [-0.4, -0.2) is 8.07 Å². The predicted octanol–water partition coefficient (Wildman–Crippen LogP) is 13.6. The minimum atomic E-state index is -1.74. The van der Waals surface area contributed by atoms with Gasteiger partial charge in [-0.3, -0.25) is 0 Å². The van der Waals surface area contributed by atoms with Crippen LogP contribution in [0.1, 0.15) is 67.6 Å². The second-order valence-corrected chi connectivity index (χ2v) is 20.4. The van der Waals surface area contributed by atoms with Crippen molar-refractivity contribution in [1.29, 1.82) is 0 Å². The summed E-state index contributed by atoms with van der Waals surface area (Å²) >= 11 is 0. The third-order valence-corrected chi connectivity index (χ3v) is 15.9. The molecule has 9 rings (SSSR count). The zero-order valence-electron chi connectivity index (χ0n) is 32.3. The van der Waals surface area contributed by atoms with Gasteiger partial charge in [0.1, 0.15) is 8.07 Å². The number of nitrogens with zero attached hydrogens (tertiary/aromatic N) is 2. The molecule has 1 heterocycles. The van der Waals surface area contributed by atoms with Gasteiger partial charge >= 0.3 is 0 Å². The summed E-state index contributed by atoms with van der Waals surface area (Å²) in [4.78, 5) is 4.78. The second-order valence-electron chi connectivity index (χ2n) is 16.1. The van der Waals surface area contributed by atoms with Crippen molar-refractivity contribution >= 4 is 52.6 Å². The smallest absolute Gasteiger partial charge is 0.113 e. The van der Waals surface area contributed by atoms with Gasteiger partial charge in [-0.2, -0.15) is 0 Å². The third-order valence-electron chi connectivity index (χ3n) is 12.4. The Balaban J connectivity index is 1.04. The summed E-state index contributed by atoms with van der Waals surface area (Å²) in [7, 11) is -1.74. The minimum Gasteiger partial charge on any atom is -0.311 e. The van der Waals surface area contributed by atoms with Gasteiger partial charge in [0.25, 0.3) is 0 Å². The minimum absolute atomic E-state index is 0.247. The molecule has 272 valence electrons. The first-order valence-electron chi connectivity index (χ1n) is 20.2. The lowest BCUT2D eigenvalue weighted by atomic mass is 9.84. The molecule has 7 aromatic carbocycles. The number of hydrogen-bond donors (Lipinski definition) is 0. The van der Waals surface area contributed by atoms with Gasteiger partial charge in [-0.15, -0.1) is 0 Å². The Bertz CT molecular complexity index is 2340. The van der Waals surface area contributed by atoms with Crippen LogP contribution in [0.25, 0.3) is 11.1 Å². The molecule has 1 saturated carbocycles. The standard InChI is InChI=1S/C52H50N2Si/c1-38(39-23-29-45(30-24-39)53(43-17-9-5-10-18-43)44-19-11-6-12-20-44)40-25-31-46(32-26-40)54(47-33-27-42(28-34-47)41-15-7-4-8-16-41)48-35-36-52-50(37-48)49-21-13-14-22-51(49)55(52,2)3/h5-6,9-14,17-38,41H,4,7-8,15-16H2,1-3H3. The molecule has 2 nitrogen and oxygen atoms in total. The molecule has 55 heavy (non-hydrogen) atoms. The van der Waals surface area contributed by atoms with Crippen LogP contribution in [0, 0.1) is 0 Å². The fourth-order valence-electron chi connectivity index (χ4n) is 9.24.